The number of benzene rings is 1. The average Bonchev–Trinajstić information content (AvgIpc) is 2.47. The number of carbonyl (C=O) groups is 2. The number of ether oxygens (including phenoxy) is 3. The molecule has 1 rings (SSSR count). The number of amides is 1. The van der Waals surface area contributed by atoms with E-state index < -0.39 is 18.0 Å². The minimum atomic E-state index is -0.990. The smallest absolute Gasteiger partial charge is 0.331 e. The zero-order chi connectivity index (χ0) is 16.7. The number of methoxy groups -OCH3 is 1. The molecule has 7 heteroatoms. The largest absolute Gasteiger partial charge is 0.493 e. The fraction of sp³-hybridized carbons (Fsp3) is 0.333. The topological polar surface area (TPSA) is 87.9 Å². The second-order valence-electron chi connectivity index (χ2n) is 4.28. The number of hydrogen-bond acceptors (Lipinski definition) is 5. The highest BCUT2D eigenvalue weighted by atomic mass is 35.5. The van der Waals surface area contributed by atoms with Crippen LogP contribution in [0.1, 0.15) is 19.4 Å². The Labute approximate surface area is 133 Å². The van der Waals surface area contributed by atoms with Gasteiger partial charge in [-0.05, 0) is 37.6 Å². The molecule has 0 fully saturated rings. The monoisotopic (exact) mass is 327 g/mol. The highest BCUT2D eigenvalue weighted by Gasteiger charge is 2.13. The molecule has 0 aliphatic heterocycles. The molecule has 1 aromatic carbocycles. The zero-order valence-electron chi connectivity index (χ0n) is 12.6. The Morgan fingerprint density at radius 3 is 2.64 bits per heavy atom. The lowest BCUT2D eigenvalue weighted by Gasteiger charge is -2.12. The molecule has 1 aromatic rings. The van der Waals surface area contributed by atoms with Crippen molar-refractivity contribution in [1.29, 1.82) is 0 Å². The van der Waals surface area contributed by atoms with Gasteiger partial charge < -0.3 is 19.9 Å². The summed E-state index contributed by atoms with van der Waals surface area (Å²) >= 11 is 6.12. The van der Waals surface area contributed by atoms with Gasteiger partial charge in [-0.3, -0.25) is 4.79 Å². The van der Waals surface area contributed by atoms with E-state index in [9.17, 15) is 9.59 Å². The van der Waals surface area contributed by atoms with E-state index in [4.69, 9.17) is 31.5 Å². The normalized spacial score (nSPS) is 12.0. The van der Waals surface area contributed by atoms with E-state index in [0.29, 0.717) is 28.7 Å². The van der Waals surface area contributed by atoms with E-state index in [0.717, 1.165) is 0 Å². The number of nitrogens with two attached hydrogens (primary N) is 1. The Bertz CT molecular complexity index is 586. The van der Waals surface area contributed by atoms with E-state index in [2.05, 4.69) is 0 Å². The molecular formula is C15H18ClNO5. The van der Waals surface area contributed by atoms with Gasteiger partial charge in [-0.15, -0.1) is 0 Å². The van der Waals surface area contributed by atoms with E-state index in [1.54, 1.807) is 12.1 Å². The van der Waals surface area contributed by atoms with Crippen LogP contribution in [0.5, 0.6) is 11.5 Å². The van der Waals surface area contributed by atoms with Gasteiger partial charge in [0.15, 0.2) is 17.6 Å². The lowest BCUT2D eigenvalue weighted by atomic mass is 10.2. The molecule has 0 aromatic heterocycles. The van der Waals surface area contributed by atoms with Crippen molar-refractivity contribution in [1.82, 2.24) is 0 Å². The third-order valence-electron chi connectivity index (χ3n) is 2.65. The van der Waals surface area contributed by atoms with Crippen molar-refractivity contribution in [2.75, 3.05) is 13.7 Å². The van der Waals surface area contributed by atoms with Gasteiger partial charge in [-0.2, -0.15) is 0 Å². The average molecular weight is 328 g/mol. The quantitative estimate of drug-likeness (QED) is 0.612. The van der Waals surface area contributed by atoms with E-state index in [1.165, 1.54) is 26.2 Å². The first-order valence-electron chi connectivity index (χ1n) is 6.57. The van der Waals surface area contributed by atoms with Crippen molar-refractivity contribution < 1.29 is 23.8 Å². The maximum Gasteiger partial charge on any atom is 0.331 e. The molecule has 0 saturated heterocycles. The van der Waals surface area contributed by atoms with Crippen LogP contribution >= 0.6 is 11.6 Å². The first kappa shape index (κ1) is 17.8. The van der Waals surface area contributed by atoms with Crippen LogP contribution in [0.4, 0.5) is 0 Å². The summed E-state index contributed by atoms with van der Waals surface area (Å²) < 4.78 is 15.4. The first-order valence-corrected chi connectivity index (χ1v) is 6.95. The molecule has 0 unspecified atom stereocenters. The van der Waals surface area contributed by atoms with Gasteiger partial charge in [0.2, 0.25) is 0 Å². The van der Waals surface area contributed by atoms with Gasteiger partial charge in [-0.1, -0.05) is 11.6 Å². The molecular weight excluding hydrogens is 310 g/mol. The Morgan fingerprint density at radius 1 is 1.41 bits per heavy atom. The second-order valence-corrected chi connectivity index (χ2v) is 4.69. The summed E-state index contributed by atoms with van der Waals surface area (Å²) in [6, 6.07) is 3.29. The predicted molar refractivity (Wildman–Crippen MR) is 83.0 cm³/mol. The van der Waals surface area contributed by atoms with Crippen LogP contribution in [0.15, 0.2) is 18.2 Å². The summed E-state index contributed by atoms with van der Waals surface area (Å²) in [7, 11) is 1.49. The highest BCUT2D eigenvalue weighted by Crippen LogP contribution is 2.36. The van der Waals surface area contributed by atoms with Gasteiger partial charge in [0.25, 0.3) is 5.91 Å². The molecule has 2 N–H and O–H groups in total. The maximum absolute atomic E-state index is 11.5. The summed E-state index contributed by atoms with van der Waals surface area (Å²) in [6.45, 7) is 3.67. The molecule has 0 heterocycles. The number of rotatable bonds is 7. The molecule has 120 valence electrons. The highest BCUT2D eigenvalue weighted by molar-refractivity contribution is 6.32. The van der Waals surface area contributed by atoms with Crippen molar-refractivity contribution in [2.24, 2.45) is 5.73 Å². The van der Waals surface area contributed by atoms with Crippen LogP contribution in [0.3, 0.4) is 0 Å². The van der Waals surface area contributed by atoms with Crippen molar-refractivity contribution >= 4 is 29.6 Å². The number of halogens is 1. The molecule has 0 spiro atoms. The van der Waals surface area contributed by atoms with Crippen molar-refractivity contribution in [3.05, 3.63) is 28.8 Å². The Morgan fingerprint density at radius 2 is 2.09 bits per heavy atom. The summed E-state index contributed by atoms with van der Waals surface area (Å²) in [5.74, 6) is -0.510. The maximum atomic E-state index is 11.5. The van der Waals surface area contributed by atoms with Crippen molar-refractivity contribution in [2.45, 2.75) is 20.0 Å². The Hall–Kier alpha value is -2.21. The molecule has 6 nitrogen and oxygen atoms in total. The molecule has 0 bridgehead atoms. The van der Waals surface area contributed by atoms with Gasteiger partial charge in [0.1, 0.15) is 0 Å². The molecule has 0 radical (unpaired) electrons. The fourth-order valence-electron chi connectivity index (χ4n) is 1.56. The Balaban J connectivity index is 2.89. The van der Waals surface area contributed by atoms with Gasteiger partial charge in [-0.25, -0.2) is 4.79 Å². The standard InChI is InChI=1S/C15H18ClNO5/c1-4-21-14-11(16)7-10(8-12(14)20-3)5-6-13(18)22-9(2)15(17)19/h5-9H,4H2,1-3H3,(H2,17,19)/b6-5+/t9-/m1/s1. The lowest BCUT2D eigenvalue weighted by molar-refractivity contribution is -0.148. The van der Waals surface area contributed by atoms with E-state index >= 15 is 0 Å². The Kier molecular flexibility index (Phi) is 6.72. The van der Waals surface area contributed by atoms with Crippen molar-refractivity contribution in [3.63, 3.8) is 0 Å². The number of carbonyl (C=O) groups excluding carboxylic acids is 2. The predicted octanol–water partition coefficient (Wildman–Crippen LogP) is 2.18. The van der Waals surface area contributed by atoms with Gasteiger partial charge in [0, 0.05) is 6.08 Å². The van der Waals surface area contributed by atoms with Gasteiger partial charge >= 0.3 is 5.97 Å². The van der Waals surface area contributed by atoms with E-state index in [-0.39, 0.29) is 0 Å². The third-order valence-corrected chi connectivity index (χ3v) is 2.93. The number of primary amides is 1. The molecule has 0 aliphatic carbocycles. The molecule has 1 amide bonds. The summed E-state index contributed by atoms with van der Waals surface area (Å²) in [5.41, 5.74) is 5.63. The first-order chi connectivity index (χ1) is 10.4. The lowest BCUT2D eigenvalue weighted by Crippen LogP contribution is -2.29. The number of esters is 1. The molecule has 22 heavy (non-hydrogen) atoms. The SMILES string of the molecule is CCOc1c(Cl)cc(/C=C/C(=O)O[C@H](C)C(N)=O)cc1OC. The molecule has 1 atom stereocenters. The van der Waals surface area contributed by atoms with Crippen LogP contribution in [0.25, 0.3) is 6.08 Å². The van der Waals surface area contributed by atoms with Gasteiger partial charge in [0.05, 0.1) is 18.7 Å². The second kappa shape index (κ2) is 8.29. The van der Waals surface area contributed by atoms with E-state index in [1.807, 2.05) is 6.92 Å². The summed E-state index contributed by atoms with van der Waals surface area (Å²) in [6.07, 6.45) is 1.67. The third kappa shape index (κ3) is 4.96. The molecule has 0 saturated carbocycles. The summed E-state index contributed by atoms with van der Waals surface area (Å²) in [4.78, 5) is 22.3. The molecule has 0 aliphatic rings. The van der Waals surface area contributed by atoms with Crippen LogP contribution in [0.2, 0.25) is 5.02 Å². The minimum Gasteiger partial charge on any atom is -0.493 e. The number of hydrogen-bond donors (Lipinski definition) is 1. The minimum absolute atomic E-state index is 0.361. The summed E-state index contributed by atoms with van der Waals surface area (Å²) in [5, 5.41) is 0.361. The zero-order valence-corrected chi connectivity index (χ0v) is 13.3. The fourth-order valence-corrected chi connectivity index (χ4v) is 1.83. The van der Waals surface area contributed by atoms with Crippen molar-refractivity contribution in [3.8, 4) is 11.5 Å². The van der Waals surface area contributed by atoms with Crippen LogP contribution in [-0.4, -0.2) is 31.7 Å². The van der Waals surface area contributed by atoms with Crippen LogP contribution in [0, 0.1) is 0 Å². The van der Waals surface area contributed by atoms with Crippen LogP contribution < -0.4 is 15.2 Å². The van der Waals surface area contributed by atoms with Crippen LogP contribution in [-0.2, 0) is 14.3 Å².